The van der Waals surface area contributed by atoms with Gasteiger partial charge in [-0.15, -0.1) is 0 Å². The Morgan fingerprint density at radius 3 is 2.79 bits per heavy atom. The van der Waals surface area contributed by atoms with Crippen LogP contribution in [0.1, 0.15) is 49.9 Å². The largest absolute Gasteiger partial charge is 0.352 e. The van der Waals surface area contributed by atoms with E-state index in [1.807, 2.05) is 0 Å². The van der Waals surface area contributed by atoms with Crippen LogP contribution >= 0.6 is 11.6 Å². The highest BCUT2D eigenvalue weighted by atomic mass is 35.5. The lowest BCUT2D eigenvalue weighted by molar-refractivity contribution is 0.0942. The molecule has 0 heterocycles. The van der Waals surface area contributed by atoms with E-state index in [1.165, 1.54) is 18.2 Å². The highest BCUT2D eigenvalue weighted by Gasteiger charge is 2.14. The zero-order valence-corrected chi connectivity index (χ0v) is 12.3. The van der Waals surface area contributed by atoms with Crippen molar-refractivity contribution >= 4 is 17.5 Å². The number of hydrogen-bond donors (Lipinski definition) is 1. The smallest absolute Gasteiger partial charge is 0.254 e. The van der Waals surface area contributed by atoms with Gasteiger partial charge in [-0.25, -0.2) is 4.39 Å². The number of carbonyl (C=O) groups excluding carboxylic acids is 1. The van der Waals surface area contributed by atoms with Crippen molar-refractivity contribution in [2.24, 2.45) is 5.92 Å². The lowest BCUT2D eigenvalue weighted by atomic mass is 9.99. The zero-order valence-electron chi connectivity index (χ0n) is 11.5. The second-order valence-corrected chi connectivity index (χ2v) is 5.19. The summed E-state index contributed by atoms with van der Waals surface area (Å²) in [6.45, 7) is 4.83. The van der Waals surface area contributed by atoms with E-state index in [1.54, 1.807) is 0 Å². The van der Waals surface area contributed by atoms with Crippen LogP contribution in [-0.4, -0.2) is 12.5 Å². The van der Waals surface area contributed by atoms with E-state index in [2.05, 4.69) is 19.2 Å². The van der Waals surface area contributed by atoms with Gasteiger partial charge in [0.15, 0.2) is 0 Å². The van der Waals surface area contributed by atoms with Crippen molar-refractivity contribution in [3.05, 3.63) is 34.6 Å². The lowest BCUT2D eigenvalue weighted by Crippen LogP contribution is -2.29. The molecular weight excluding hydrogens is 265 g/mol. The number of benzene rings is 1. The molecule has 1 atom stereocenters. The summed E-state index contributed by atoms with van der Waals surface area (Å²) in [5, 5.41) is 3.15. The number of nitrogens with one attached hydrogen (secondary N) is 1. The molecule has 0 aliphatic heterocycles. The van der Waals surface area contributed by atoms with Crippen LogP contribution in [0, 0.1) is 11.7 Å². The third-order valence-corrected chi connectivity index (χ3v) is 3.50. The van der Waals surface area contributed by atoms with Crippen LogP contribution in [0.4, 0.5) is 4.39 Å². The van der Waals surface area contributed by atoms with Gasteiger partial charge in [-0.1, -0.05) is 44.7 Å². The first-order chi connectivity index (χ1) is 9.08. The van der Waals surface area contributed by atoms with Gasteiger partial charge in [0.1, 0.15) is 5.82 Å². The highest BCUT2D eigenvalue weighted by molar-refractivity contribution is 6.30. The lowest BCUT2D eigenvalue weighted by Gasteiger charge is -2.15. The van der Waals surface area contributed by atoms with Crippen molar-refractivity contribution < 1.29 is 9.18 Å². The monoisotopic (exact) mass is 285 g/mol. The predicted molar refractivity (Wildman–Crippen MR) is 77.0 cm³/mol. The van der Waals surface area contributed by atoms with Crippen LogP contribution in [0.2, 0.25) is 5.02 Å². The predicted octanol–water partition coefficient (Wildman–Crippen LogP) is 4.43. The Bertz CT molecular complexity index is 423. The number of carbonyl (C=O) groups is 1. The first kappa shape index (κ1) is 16.0. The first-order valence-electron chi connectivity index (χ1n) is 6.81. The number of unbranched alkanes of at least 4 members (excludes halogenated alkanes) is 1. The van der Waals surface area contributed by atoms with Gasteiger partial charge in [0.25, 0.3) is 5.91 Å². The van der Waals surface area contributed by atoms with E-state index in [0.29, 0.717) is 17.5 Å². The minimum Gasteiger partial charge on any atom is -0.352 e. The van der Waals surface area contributed by atoms with Gasteiger partial charge in [-0.2, -0.15) is 0 Å². The van der Waals surface area contributed by atoms with E-state index in [0.717, 1.165) is 25.7 Å². The molecule has 1 aromatic carbocycles. The highest BCUT2D eigenvalue weighted by Crippen LogP contribution is 2.16. The molecule has 0 fully saturated rings. The molecule has 1 N–H and O–H groups in total. The van der Waals surface area contributed by atoms with Gasteiger partial charge in [-0.3, -0.25) is 4.79 Å². The minimum absolute atomic E-state index is 0.0119. The standard InChI is InChI=1S/C15H21ClFNO/c1-3-5-6-11(4-2)10-18-15(19)13-9-12(16)7-8-14(13)17/h7-9,11H,3-6,10H2,1-2H3,(H,18,19). The number of hydrogen-bond acceptors (Lipinski definition) is 1. The molecule has 1 unspecified atom stereocenters. The molecule has 0 aromatic heterocycles. The summed E-state index contributed by atoms with van der Waals surface area (Å²) >= 11 is 5.77. The van der Waals surface area contributed by atoms with E-state index in [-0.39, 0.29) is 5.56 Å². The molecule has 1 rings (SSSR count). The molecule has 0 bridgehead atoms. The Labute approximate surface area is 119 Å². The number of amides is 1. The molecule has 0 saturated carbocycles. The molecular formula is C15H21ClFNO. The van der Waals surface area contributed by atoms with Gasteiger partial charge >= 0.3 is 0 Å². The van der Waals surface area contributed by atoms with Gasteiger partial charge in [0.2, 0.25) is 0 Å². The molecule has 0 aliphatic rings. The molecule has 0 radical (unpaired) electrons. The maximum absolute atomic E-state index is 13.5. The van der Waals surface area contributed by atoms with Crippen LogP contribution < -0.4 is 5.32 Å². The van der Waals surface area contributed by atoms with Crippen LogP contribution in [0.3, 0.4) is 0 Å². The van der Waals surface area contributed by atoms with E-state index in [9.17, 15) is 9.18 Å². The van der Waals surface area contributed by atoms with Crippen LogP contribution in [0.25, 0.3) is 0 Å². The molecule has 19 heavy (non-hydrogen) atoms. The molecule has 2 nitrogen and oxygen atoms in total. The third kappa shape index (κ3) is 5.19. The summed E-state index contributed by atoms with van der Waals surface area (Å²) < 4.78 is 13.5. The van der Waals surface area contributed by atoms with Crippen molar-refractivity contribution in [2.45, 2.75) is 39.5 Å². The summed E-state index contributed by atoms with van der Waals surface area (Å²) in [5.41, 5.74) is 0.0119. The quantitative estimate of drug-likeness (QED) is 0.789. The molecule has 1 amide bonds. The van der Waals surface area contributed by atoms with E-state index >= 15 is 0 Å². The minimum atomic E-state index is -0.538. The summed E-state index contributed by atoms with van der Waals surface area (Å²) in [6, 6.07) is 4.01. The molecule has 0 spiro atoms. The second kappa shape index (κ2) is 8.16. The van der Waals surface area contributed by atoms with Gasteiger partial charge in [0.05, 0.1) is 5.56 Å². The van der Waals surface area contributed by atoms with Crippen molar-refractivity contribution in [2.75, 3.05) is 6.54 Å². The van der Waals surface area contributed by atoms with Gasteiger partial charge in [-0.05, 0) is 30.5 Å². The fourth-order valence-corrected chi connectivity index (χ4v) is 2.12. The van der Waals surface area contributed by atoms with Crippen LogP contribution in [-0.2, 0) is 0 Å². The zero-order chi connectivity index (χ0) is 14.3. The SMILES string of the molecule is CCCCC(CC)CNC(=O)c1cc(Cl)ccc1F. The maximum atomic E-state index is 13.5. The van der Waals surface area contributed by atoms with Crippen molar-refractivity contribution in [1.82, 2.24) is 5.32 Å². The fraction of sp³-hybridized carbons (Fsp3) is 0.533. The Morgan fingerprint density at radius 1 is 1.42 bits per heavy atom. The summed E-state index contributed by atoms with van der Waals surface area (Å²) in [5.74, 6) is -0.482. The van der Waals surface area contributed by atoms with Crippen LogP contribution in [0.5, 0.6) is 0 Å². The number of rotatable bonds is 7. The van der Waals surface area contributed by atoms with Crippen molar-refractivity contribution in [3.8, 4) is 0 Å². The average Bonchev–Trinajstić information content (AvgIpc) is 2.41. The Balaban J connectivity index is 2.56. The third-order valence-electron chi connectivity index (χ3n) is 3.27. The van der Waals surface area contributed by atoms with Gasteiger partial charge < -0.3 is 5.32 Å². The Kier molecular flexibility index (Phi) is 6.85. The first-order valence-corrected chi connectivity index (χ1v) is 7.19. The van der Waals surface area contributed by atoms with Gasteiger partial charge in [0, 0.05) is 11.6 Å². The second-order valence-electron chi connectivity index (χ2n) is 4.75. The van der Waals surface area contributed by atoms with Crippen molar-refractivity contribution in [1.29, 1.82) is 0 Å². The molecule has 4 heteroatoms. The fourth-order valence-electron chi connectivity index (χ4n) is 1.95. The Morgan fingerprint density at radius 2 is 2.16 bits per heavy atom. The average molecular weight is 286 g/mol. The molecule has 0 aliphatic carbocycles. The van der Waals surface area contributed by atoms with E-state index in [4.69, 9.17) is 11.6 Å². The normalized spacial score (nSPS) is 12.2. The van der Waals surface area contributed by atoms with Crippen LogP contribution in [0.15, 0.2) is 18.2 Å². The summed E-state index contributed by atoms with van der Waals surface area (Å²) in [7, 11) is 0. The Hall–Kier alpha value is -1.09. The summed E-state index contributed by atoms with van der Waals surface area (Å²) in [4.78, 5) is 11.9. The topological polar surface area (TPSA) is 29.1 Å². The summed E-state index contributed by atoms with van der Waals surface area (Å²) in [6.07, 6.45) is 4.40. The maximum Gasteiger partial charge on any atom is 0.254 e. The molecule has 0 saturated heterocycles. The molecule has 106 valence electrons. The van der Waals surface area contributed by atoms with Crippen molar-refractivity contribution in [3.63, 3.8) is 0 Å². The number of halogens is 2. The van der Waals surface area contributed by atoms with E-state index < -0.39 is 11.7 Å². The molecule has 1 aromatic rings.